The van der Waals surface area contributed by atoms with E-state index >= 15 is 0 Å². The summed E-state index contributed by atoms with van der Waals surface area (Å²) in [5.41, 5.74) is 0. The Hall–Kier alpha value is -0.0800. The molecular weight excluding hydrogens is 140 g/mol. The van der Waals surface area contributed by atoms with Gasteiger partial charge < -0.3 is 9.47 Å². The zero-order chi connectivity index (χ0) is 8.16. The molecular formula is C9H18O2. The van der Waals surface area contributed by atoms with Crippen LogP contribution >= 0.6 is 0 Å². The van der Waals surface area contributed by atoms with Gasteiger partial charge in [0, 0.05) is 13.2 Å². The van der Waals surface area contributed by atoms with E-state index in [9.17, 15) is 0 Å². The monoisotopic (exact) mass is 158 g/mol. The van der Waals surface area contributed by atoms with Gasteiger partial charge in [-0.1, -0.05) is 12.8 Å². The van der Waals surface area contributed by atoms with Crippen LogP contribution < -0.4 is 0 Å². The Bertz CT molecular complexity index is 98.1. The van der Waals surface area contributed by atoms with Gasteiger partial charge in [0.2, 0.25) is 0 Å². The first kappa shape index (κ1) is 9.01. The highest BCUT2D eigenvalue weighted by Crippen LogP contribution is 2.15. The van der Waals surface area contributed by atoms with Crippen LogP contribution in [-0.4, -0.2) is 19.0 Å². The largest absolute Gasteiger partial charge is 0.351 e. The molecule has 0 saturated carbocycles. The molecule has 1 saturated heterocycles. The summed E-state index contributed by atoms with van der Waals surface area (Å²) >= 11 is 0. The highest BCUT2D eigenvalue weighted by Gasteiger charge is 2.18. The lowest BCUT2D eigenvalue weighted by molar-refractivity contribution is -0.211. The van der Waals surface area contributed by atoms with Crippen LogP contribution in [0, 0.1) is 0 Å². The molecule has 0 atom stereocenters. The van der Waals surface area contributed by atoms with Crippen molar-refractivity contribution >= 4 is 0 Å². The van der Waals surface area contributed by atoms with Crippen molar-refractivity contribution in [3.8, 4) is 0 Å². The lowest BCUT2D eigenvalue weighted by atomic mass is 10.2. The van der Waals surface area contributed by atoms with Crippen molar-refractivity contribution in [1.82, 2.24) is 0 Å². The first-order valence-corrected chi connectivity index (χ1v) is 4.49. The average Bonchev–Trinajstić information content (AvgIpc) is 2.00. The molecule has 1 heterocycles. The Morgan fingerprint density at radius 2 is 1.27 bits per heavy atom. The van der Waals surface area contributed by atoms with E-state index in [0.717, 1.165) is 13.2 Å². The fraction of sp³-hybridized carbons (Fsp3) is 1.00. The van der Waals surface area contributed by atoms with E-state index in [1.807, 2.05) is 13.8 Å². The SMILES string of the molecule is CC1(C)OCCCCCCO1. The molecule has 1 aliphatic heterocycles. The highest BCUT2D eigenvalue weighted by atomic mass is 16.7. The summed E-state index contributed by atoms with van der Waals surface area (Å²) in [7, 11) is 0. The maximum Gasteiger partial charge on any atom is 0.162 e. The summed E-state index contributed by atoms with van der Waals surface area (Å²) in [5.74, 6) is -0.357. The van der Waals surface area contributed by atoms with Crippen LogP contribution in [0.4, 0.5) is 0 Å². The first-order valence-electron chi connectivity index (χ1n) is 4.49. The molecule has 0 unspecified atom stereocenters. The second kappa shape index (κ2) is 4.07. The minimum atomic E-state index is -0.357. The van der Waals surface area contributed by atoms with Gasteiger partial charge in [-0.3, -0.25) is 0 Å². The summed E-state index contributed by atoms with van der Waals surface area (Å²) < 4.78 is 11.1. The fourth-order valence-corrected chi connectivity index (χ4v) is 1.24. The van der Waals surface area contributed by atoms with Gasteiger partial charge in [0.05, 0.1) is 0 Å². The predicted octanol–water partition coefficient (Wildman–Crippen LogP) is 2.33. The Labute approximate surface area is 68.9 Å². The van der Waals surface area contributed by atoms with Gasteiger partial charge in [-0.2, -0.15) is 0 Å². The molecule has 0 aromatic heterocycles. The van der Waals surface area contributed by atoms with Gasteiger partial charge in [0.15, 0.2) is 5.79 Å². The zero-order valence-corrected chi connectivity index (χ0v) is 7.56. The average molecular weight is 158 g/mol. The Morgan fingerprint density at radius 1 is 0.818 bits per heavy atom. The van der Waals surface area contributed by atoms with Gasteiger partial charge >= 0.3 is 0 Å². The number of hydrogen-bond donors (Lipinski definition) is 0. The Balaban J connectivity index is 2.31. The normalized spacial score (nSPS) is 26.7. The second-order valence-electron chi connectivity index (χ2n) is 3.51. The van der Waals surface area contributed by atoms with E-state index in [0.29, 0.717) is 0 Å². The van der Waals surface area contributed by atoms with Crippen molar-refractivity contribution in [3.05, 3.63) is 0 Å². The van der Waals surface area contributed by atoms with Crippen molar-refractivity contribution in [1.29, 1.82) is 0 Å². The van der Waals surface area contributed by atoms with Crippen LogP contribution in [0.5, 0.6) is 0 Å². The van der Waals surface area contributed by atoms with Gasteiger partial charge in [-0.05, 0) is 26.7 Å². The van der Waals surface area contributed by atoms with Crippen LogP contribution in [0.15, 0.2) is 0 Å². The van der Waals surface area contributed by atoms with Gasteiger partial charge in [0.1, 0.15) is 0 Å². The first-order chi connectivity index (χ1) is 5.21. The molecule has 66 valence electrons. The predicted molar refractivity (Wildman–Crippen MR) is 44.5 cm³/mol. The minimum Gasteiger partial charge on any atom is -0.351 e. The Kier molecular flexibility index (Phi) is 3.34. The Morgan fingerprint density at radius 3 is 1.73 bits per heavy atom. The molecule has 0 amide bonds. The molecule has 1 aliphatic rings. The van der Waals surface area contributed by atoms with Gasteiger partial charge in [-0.15, -0.1) is 0 Å². The van der Waals surface area contributed by atoms with E-state index in [1.165, 1.54) is 25.7 Å². The molecule has 2 nitrogen and oxygen atoms in total. The minimum absolute atomic E-state index is 0.357. The molecule has 2 heteroatoms. The van der Waals surface area contributed by atoms with E-state index in [2.05, 4.69) is 0 Å². The summed E-state index contributed by atoms with van der Waals surface area (Å²) in [6, 6.07) is 0. The van der Waals surface area contributed by atoms with E-state index in [1.54, 1.807) is 0 Å². The molecule has 1 fully saturated rings. The second-order valence-corrected chi connectivity index (χ2v) is 3.51. The van der Waals surface area contributed by atoms with Gasteiger partial charge in [0.25, 0.3) is 0 Å². The smallest absolute Gasteiger partial charge is 0.162 e. The summed E-state index contributed by atoms with van der Waals surface area (Å²) in [6.07, 6.45) is 4.90. The lowest BCUT2D eigenvalue weighted by Gasteiger charge is -2.24. The quantitative estimate of drug-likeness (QED) is 0.538. The third kappa shape index (κ3) is 3.73. The van der Waals surface area contributed by atoms with Crippen molar-refractivity contribution in [2.45, 2.75) is 45.3 Å². The van der Waals surface area contributed by atoms with Crippen LogP contribution in [-0.2, 0) is 9.47 Å². The van der Waals surface area contributed by atoms with Crippen LogP contribution in [0.2, 0.25) is 0 Å². The molecule has 0 spiro atoms. The molecule has 0 bridgehead atoms. The third-order valence-electron chi connectivity index (χ3n) is 1.94. The standard InChI is InChI=1S/C9H18O2/c1-9(2)10-7-5-3-4-6-8-11-9/h3-8H2,1-2H3. The van der Waals surface area contributed by atoms with Crippen molar-refractivity contribution in [2.75, 3.05) is 13.2 Å². The maximum absolute atomic E-state index is 5.53. The number of rotatable bonds is 0. The number of hydrogen-bond acceptors (Lipinski definition) is 2. The van der Waals surface area contributed by atoms with E-state index in [-0.39, 0.29) is 5.79 Å². The summed E-state index contributed by atoms with van der Waals surface area (Å²) in [6.45, 7) is 5.65. The van der Waals surface area contributed by atoms with Crippen molar-refractivity contribution < 1.29 is 9.47 Å². The fourth-order valence-electron chi connectivity index (χ4n) is 1.24. The summed E-state index contributed by atoms with van der Waals surface area (Å²) in [4.78, 5) is 0. The van der Waals surface area contributed by atoms with E-state index in [4.69, 9.17) is 9.47 Å². The van der Waals surface area contributed by atoms with Crippen molar-refractivity contribution in [2.24, 2.45) is 0 Å². The number of ether oxygens (including phenoxy) is 2. The zero-order valence-electron chi connectivity index (χ0n) is 7.56. The third-order valence-corrected chi connectivity index (χ3v) is 1.94. The van der Waals surface area contributed by atoms with Gasteiger partial charge in [-0.25, -0.2) is 0 Å². The molecule has 1 rings (SSSR count). The van der Waals surface area contributed by atoms with Crippen LogP contribution in [0.25, 0.3) is 0 Å². The summed E-state index contributed by atoms with van der Waals surface area (Å²) in [5, 5.41) is 0. The van der Waals surface area contributed by atoms with Crippen LogP contribution in [0.1, 0.15) is 39.5 Å². The van der Waals surface area contributed by atoms with Crippen LogP contribution in [0.3, 0.4) is 0 Å². The molecule has 0 radical (unpaired) electrons. The molecule has 0 aromatic carbocycles. The molecule has 11 heavy (non-hydrogen) atoms. The maximum atomic E-state index is 5.53. The topological polar surface area (TPSA) is 18.5 Å². The lowest BCUT2D eigenvalue weighted by Crippen LogP contribution is -2.28. The molecule has 0 aliphatic carbocycles. The van der Waals surface area contributed by atoms with E-state index < -0.39 is 0 Å². The highest BCUT2D eigenvalue weighted by molar-refractivity contribution is 4.56. The van der Waals surface area contributed by atoms with Crippen molar-refractivity contribution in [3.63, 3.8) is 0 Å². The molecule has 0 N–H and O–H groups in total. The molecule has 0 aromatic rings.